The van der Waals surface area contributed by atoms with E-state index in [0.29, 0.717) is 11.9 Å². The second-order valence-electron chi connectivity index (χ2n) is 5.94. The number of fused-ring (bicyclic) bond motifs is 1. The number of hydrogen-bond donors (Lipinski definition) is 1. The van der Waals surface area contributed by atoms with Crippen LogP contribution in [0.1, 0.15) is 22.7 Å². The maximum Gasteiger partial charge on any atom is 0.145 e. The van der Waals surface area contributed by atoms with Gasteiger partial charge in [-0.2, -0.15) is 0 Å². The van der Waals surface area contributed by atoms with E-state index >= 15 is 0 Å². The molecule has 25 heavy (non-hydrogen) atoms. The van der Waals surface area contributed by atoms with Crippen LogP contribution in [0.15, 0.2) is 79.4 Å². The fourth-order valence-electron chi connectivity index (χ4n) is 3.14. The molecule has 1 atom stereocenters. The van der Waals surface area contributed by atoms with E-state index in [2.05, 4.69) is 15.0 Å². The average Bonchev–Trinajstić information content (AvgIpc) is 2.69. The van der Waals surface area contributed by atoms with Gasteiger partial charge in [0.1, 0.15) is 11.3 Å². The molecule has 1 unspecified atom stereocenters. The van der Waals surface area contributed by atoms with E-state index in [4.69, 9.17) is 0 Å². The average molecular weight is 327 g/mol. The lowest BCUT2D eigenvalue weighted by Crippen LogP contribution is -2.07. The summed E-state index contributed by atoms with van der Waals surface area (Å²) in [4.78, 5) is 13.0. The lowest BCUT2D eigenvalue weighted by Gasteiger charge is -2.19. The van der Waals surface area contributed by atoms with Crippen molar-refractivity contribution in [3.05, 3.63) is 96.2 Å². The normalized spacial score (nSPS) is 12.2. The van der Waals surface area contributed by atoms with Gasteiger partial charge in [0.2, 0.25) is 0 Å². The van der Waals surface area contributed by atoms with E-state index in [-0.39, 0.29) is 11.7 Å². The monoisotopic (exact) mass is 327 g/mol. The van der Waals surface area contributed by atoms with Crippen LogP contribution in [-0.2, 0) is 6.42 Å². The number of pyridine rings is 3. The number of phenols is 1. The number of aromatic hydroxyl groups is 1. The molecule has 3 heterocycles. The number of aromatic nitrogens is 3. The van der Waals surface area contributed by atoms with Crippen molar-refractivity contribution >= 4 is 10.9 Å². The minimum absolute atomic E-state index is 0.0463. The molecule has 4 rings (SSSR count). The largest absolute Gasteiger partial charge is 0.505 e. The Labute approximate surface area is 145 Å². The molecule has 4 nitrogen and oxygen atoms in total. The molecule has 1 aromatic carbocycles. The first kappa shape index (κ1) is 15.3. The van der Waals surface area contributed by atoms with Crippen LogP contribution in [0.5, 0.6) is 5.75 Å². The number of nitrogens with zero attached hydrogens (tertiary/aromatic N) is 3. The first-order valence-electron chi connectivity index (χ1n) is 8.19. The van der Waals surface area contributed by atoms with Crippen LogP contribution in [-0.4, -0.2) is 20.1 Å². The summed E-state index contributed by atoms with van der Waals surface area (Å²) in [6, 6.07) is 17.6. The molecule has 4 aromatic rings. The van der Waals surface area contributed by atoms with E-state index < -0.39 is 0 Å². The van der Waals surface area contributed by atoms with Crippen LogP contribution in [0, 0.1) is 0 Å². The van der Waals surface area contributed by atoms with Gasteiger partial charge in [0.05, 0.1) is 0 Å². The van der Waals surface area contributed by atoms with Crippen LogP contribution in [0.4, 0.5) is 0 Å². The molecule has 0 aliphatic rings. The highest BCUT2D eigenvalue weighted by Crippen LogP contribution is 2.37. The highest BCUT2D eigenvalue weighted by atomic mass is 16.3. The van der Waals surface area contributed by atoms with Crippen LogP contribution in [0.2, 0.25) is 0 Å². The minimum atomic E-state index is -0.0463. The fourth-order valence-corrected chi connectivity index (χ4v) is 3.14. The molecule has 0 fully saturated rings. The molecule has 0 aliphatic heterocycles. The zero-order chi connectivity index (χ0) is 17.1. The third-order valence-corrected chi connectivity index (χ3v) is 4.38. The summed E-state index contributed by atoms with van der Waals surface area (Å²) in [5.41, 5.74) is 3.47. The Balaban J connectivity index is 1.85. The van der Waals surface area contributed by atoms with Gasteiger partial charge in [-0.3, -0.25) is 15.0 Å². The van der Waals surface area contributed by atoms with Crippen molar-refractivity contribution in [1.29, 1.82) is 0 Å². The second-order valence-corrected chi connectivity index (χ2v) is 5.94. The molecule has 122 valence electrons. The van der Waals surface area contributed by atoms with Gasteiger partial charge in [0.25, 0.3) is 0 Å². The minimum Gasteiger partial charge on any atom is -0.505 e. The highest BCUT2D eigenvalue weighted by Gasteiger charge is 2.21. The summed E-state index contributed by atoms with van der Waals surface area (Å²) in [7, 11) is 0. The van der Waals surface area contributed by atoms with Crippen LogP contribution in [0.25, 0.3) is 10.9 Å². The third kappa shape index (κ3) is 3.06. The van der Waals surface area contributed by atoms with Crippen molar-refractivity contribution in [2.45, 2.75) is 12.3 Å². The molecule has 0 spiro atoms. The van der Waals surface area contributed by atoms with Crippen LogP contribution < -0.4 is 0 Å². The Kier molecular flexibility index (Phi) is 4.09. The van der Waals surface area contributed by atoms with Crippen molar-refractivity contribution in [2.75, 3.05) is 0 Å². The zero-order valence-corrected chi connectivity index (χ0v) is 13.6. The molecule has 3 aromatic heterocycles. The molecule has 1 N–H and O–H groups in total. The Bertz CT molecular complexity index is 988. The van der Waals surface area contributed by atoms with Gasteiger partial charge in [-0.1, -0.05) is 30.3 Å². The second kappa shape index (κ2) is 6.69. The van der Waals surface area contributed by atoms with E-state index in [1.807, 2.05) is 60.8 Å². The number of benzene rings is 1. The summed E-state index contributed by atoms with van der Waals surface area (Å²) >= 11 is 0. The maximum atomic E-state index is 10.9. The Morgan fingerprint density at radius 2 is 1.72 bits per heavy atom. The van der Waals surface area contributed by atoms with Gasteiger partial charge >= 0.3 is 0 Å². The van der Waals surface area contributed by atoms with Crippen molar-refractivity contribution in [3.8, 4) is 5.75 Å². The molecular weight excluding hydrogens is 310 g/mol. The van der Waals surface area contributed by atoms with Crippen molar-refractivity contribution < 1.29 is 5.11 Å². The number of hydrogen-bond acceptors (Lipinski definition) is 4. The van der Waals surface area contributed by atoms with Crippen LogP contribution >= 0.6 is 0 Å². The zero-order valence-electron chi connectivity index (χ0n) is 13.6. The summed E-state index contributed by atoms with van der Waals surface area (Å²) in [6.07, 6.45) is 7.76. The van der Waals surface area contributed by atoms with Crippen molar-refractivity contribution in [1.82, 2.24) is 15.0 Å². The van der Waals surface area contributed by atoms with Gasteiger partial charge in [0, 0.05) is 53.8 Å². The quantitative estimate of drug-likeness (QED) is 0.613. The highest BCUT2D eigenvalue weighted by molar-refractivity contribution is 5.85. The first-order chi connectivity index (χ1) is 12.3. The molecule has 0 amide bonds. The molecule has 4 heteroatoms. The summed E-state index contributed by atoms with van der Waals surface area (Å²) < 4.78 is 0. The van der Waals surface area contributed by atoms with Gasteiger partial charge in [-0.25, -0.2) is 0 Å². The predicted molar refractivity (Wildman–Crippen MR) is 97.4 cm³/mol. The van der Waals surface area contributed by atoms with Gasteiger partial charge in [-0.15, -0.1) is 0 Å². The lowest BCUT2D eigenvalue weighted by molar-refractivity contribution is 0.469. The lowest BCUT2D eigenvalue weighted by atomic mass is 9.87. The van der Waals surface area contributed by atoms with Crippen molar-refractivity contribution in [2.24, 2.45) is 0 Å². The SMILES string of the molecule is Oc1c(C(Cc2ccccn2)c2cccnc2)ccc2cccnc12. The third-order valence-electron chi connectivity index (χ3n) is 4.38. The van der Waals surface area contributed by atoms with Crippen LogP contribution in [0.3, 0.4) is 0 Å². The Morgan fingerprint density at radius 1 is 0.840 bits per heavy atom. The summed E-state index contributed by atoms with van der Waals surface area (Å²) in [5, 5.41) is 11.8. The summed E-state index contributed by atoms with van der Waals surface area (Å²) in [5.74, 6) is 0.179. The number of rotatable bonds is 4. The van der Waals surface area contributed by atoms with E-state index in [1.165, 1.54) is 0 Å². The Morgan fingerprint density at radius 3 is 2.52 bits per heavy atom. The summed E-state index contributed by atoms with van der Waals surface area (Å²) in [6.45, 7) is 0. The molecule has 0 saturated carbocycles. The first-order valence-corrected chi connectivity index (χ1v) is 8.19. The predicted octanol–water partition coefficient (Wildman–Crippen LogP) is 4.11. The molecule has 0 saturated heterocycles. The molecule has 0 radical (unpaired) electrons. The standard InChI is InChI=1S/C21H17N3O/c25-21-18(9-8-15-5-4-12-24-20(15)21)19(16-6-3-10-22-14-16)13-17-7-1-2-11-23-17/h1-12,14,19,25H,13H2. The molecular formula is C21H17N3O. The van der Waals surface area contributed by atoms with E-state index in [1.54, 1.807) is 18.6 Å². The molecule has 0 aliphatic carbocycles. The smallest absolute Gasteiger partial charge is 0.145 e. The van der Waals surface area contributed by atoms with E-state index in [9.17, 15) is 5.11 Å². The molecule has 0 bridgehead atoms. The van der Waals surface area contributed by atoms with E-state index in [0.717, 1.165) is 22.2 Å². The van der Waals surface area contributed by atoms with Gasteiger partial charge < -0.3 is 5.11 Å². The topological polar surface area (TPSA) is 58.9 Å². The van der Waals surface area contributed by atoms with Gasteiger partial charge in [-0.05, 0) is 29.8 Å². The number of phenolic OH excluding ortho intramolecular Hbond substituents is 1. The Hall–Kier alpha value is -3.27. The maximum absolute atomic E-state index is 10.9. The van der Waals surface area contributed by atoms with Crippen molar-refractivity contribution in [3.63, 3.8) is 0 Å². The fraction of sp³-hybridized carbons (Fsp3) is 0.0952. The van der Waals surface area contributed by atoms with Gasteiger partial charge in [0.15, 0.2) is 0 Å².